The van der Waals surface area contributed by atoms with Gasteiger partial charge < -0.3 is 10.2 Å². The van der Waals surface area contributed by atoms with Gasteiger partial charge in [-0.05, 0) is 37.8 Å². The molecule has 7 heteroatoms. The van der Waals surface area contributed by atoms with E-state index in [1.54, 1.807) is 6.20 Å². The van der Waals surface area contributed by atoms with Gasteiger partial charge in [0, 0.05) is 30.9 Å². The molecule has 0 radical (unpaired) electrons. The first kappa shape index (κ1) is 20.3. The zero-order valence-corrected chi connectivity index (χ0v) is 17.6. The molecular weight excluding hydrogens is 378 g/mol. The van der Waals surface area contributed by atoms with Gasteiger partial charge in [0.15, 0.2) is 5.65 Å². The average Bonchev–Trinajstić information content (AvgIpc) is 3.18. The number of hydrogen-bond donors (Lipinski definition) is 2. The van der Waals surface area contributed by atoms with Crippen LogP contribution in [0.3, 0.4) is 0 Å². The summed E-state index contributed by atoms with van der Waals surface area (Å²) < 4.78 is 1.31. The van der Waals surface area contributed by atoms with Crippen molar-refractivity contribution in [1.82, 2.24) is 24.8 Å². The third-order valence-electron chi connectivity index (χ3n) is 5.69. The van der Waals surface area contributed by atoms with Crippen molar-refractivity contribution in [3.63, 3.8) is 0 Å². The predicted molar refractivity (Wildman–Crippen MR) is 118 cm³/mol. The summed E-state index contributed by atoms with van der Waals surface area (Å²) in [6.07, 6.45) is 3.74. The maximum absolute atomic E-state index is 12.8. The molecule has 2 N–H and O–H groups in total. The number of amides is 1. The topological polar surface area (TPSA) is 82.5 Å². The van der Waals surface area contributed by atoms with Crippen molar-refractivity contribution >= 4 is 11.6 Å². The van der Waals surface area contributed by atoms with Crippen LogP contribution in [0.25, 0.3) is 16.9 Å². The fraction of sp³-hybridized carbons (Fsp3) is 0.435. The van der Waals surface area contributed by atoms with Gasteiger partial charge in [-0.3, -0.25) is 14.7 Å². The zero-order chi connectivity index (χ0) is 21.1. The van der Waals surface area contributed by atoms with E-state index in [2.05, 4.69) is 34.1 Å². The van der Waals surface area contributed by atoms with Crippen LogP contribution in [0.1, 0.15) is 37.0 Å². The molecule has 1 saturated heterocycles. The Hall–Kier alpha value is -2.93. The maximum atomic E-state index is 12.8. The second kappa shape index (κ2) is 8.83. The predicted octanol–water partition coefficient (Wildman–Crippen LogP) is 2.79. The first-order valence-electron chi connectivity index (χ1n) is 10.7. The van der Waals surface area contributed by atoms with E-state index in [0.29, 0.717) is 35.3 Å². The summed E-state index contributed by atoms with van der Waals surface area (Å²) in [5, 5.41) is 5.90. The lowest BCUT2D eigenvalue weighted by Crippen LogP contribution is -2.40. The number of H-pyrrole nitrogens is 1. The number of aromatic amines is 1. The Balaban J connectivity index is 1.45. The van der Waals surface area contributed by atoms with Gasteiger partial charge in [0.1, 0.15) is 5.56 Å². The van der Waals surface area contributed by atoms with Crippen LogP contribution in [0.15, 0.2) is 47.4 Å². The van der Waals surface area contributed by atoms with Crippen molar-refractivity contribution in [1.29, 1.82) is 0 Å². The Morgan fingerprint density at radius 3 is 2.67 bits per heavy atom. The van der Waals surface area contributed by atoms with Crippen LogP contribution in [0.2, 0.25) is 0 Å². The van der Waals surface area contributed by atoms with Crippen molar-refractivity contribution < 1.29 is 4.79 Å². The molecule has 3 aromatic rings. The van der Waals surface area contributed by atoms with Gasteiger partial charge >= 0.3 is 0 Å². The molecule has 30 heavy (non-hydrogen) atoms. The Labute approximate surface area is 176 Å². The van der Waals surface area contributed by atoms with Crippen LogP contribution in [0.5, 0.6) is 0 Å². The highest BCUT2D eigenvalue weighted by atomic mass is 16.2. The molecule has 1 amide bonds. The van der Waals surface area contributed by atoms with Crippen molar-refractivity contribution in [2.24, 2.45) is 11.8 Å². The van der Waals surface area contributed by atoms with E-state index < -0.39 is 0 Å². The van der Waals surface area contributed by atoms with Crippen molar-refractivity contribution in [2.75, 3.05) is 26.2 Å². The molecule has 2 aromatic heterocycles. The van der Waals surface area contributed by atoms with E-state index in [1.807, 2.05) is 30.3 Å². The average molecular weight is 408 g/mol. The molecule has 158 valence electrons. The number of fused-ring (bicyclic) bond motifs is 1. The fourth-order valence-corrected chi connectivity index (χ4v) is 4.13. The fourth-order valence-electron chi connectivity index (χ4n) is 4.13. The number of carbonyl (C=O) groups excluding carboxylic acids is 1. The molecular formula is C23H29N5O2. The Kier molecular flexibility index (Phi) is 5.99. The van der Waals surface area contributed by atoms with Crippen molar-refractivity contribution in [3.8, 4) is 11.3 Å². The molecule has 0 saturated carbocycles. The summed E-state index contributed by atoms with van der Waals surface area (Å²) in [4.78, 5) is 32.4. The lowest BCUT2D eigenvalue weighted by molar-refractivity contribution is 0.0936. The van der Waals surface area contributed by atoms with Crippen molar-refractivity contribution in [2.45, 2.75) is 26.7 Å². The molecule has 0 aliphatic carbocycles. The molecule has 0 spiro atoms. The molecule has 3 heterocycles. The number of likely N-dealkylation sites (tertiary alicyclic amines) is 1. The SMILES string of the molecule is CC(C)CN1CCC(CNC(=O)c2c[nH]n3c(=O)cc(-c4ccccc4)nc23)CC1. The number of aromatic nitrogens is 3. The number of nitrogens with zero attached hydrogens (tertiary/aromatic N) is 3. The zero-order valence-electron chi connectivity index (χ0n) is 17.6. The van der Waals surface area contributed by atoms with E-state index in [4.69, 9.17) is 0 Å². The van der Waals surface area contributed by atoms with E-state index in [9.17, 15) is 9.59 Å². The normalized spacial score (nSPS) is 15.7. The van der Waals surface area contributed by atoms with Crippen LogP contribution in [-0.2, 0) is 0 Å². The molecule has 1 aromatic carbocycles. The van der Waals surface area contributed by atoms with Gasteiger partial charge in [0.05, 0.1) is 5.69 Å². The summed E-state index contributed by atoms with van der Waals surface area (Å²) >= 11 is 0. The van der Waals surface area contributed by atoms with E-state index >= 15 is 0 Å². The highest BCUT2D eigenvalue weighted by molar-refractivity contribution is 5.99. The van der Waals surface area contributed by atoms with Gasteiger partial charge in [0.2, 0.25) is 0 Å². The summed E-state index contributed by atoms with van der Waals surface area (Å²) in [6, 6.07) is 11.0. The van der Waals surface area contributed by atoms with Gasteiger partial charge in [0.25, 0.3) is 11.5 Å². The molecule has 1 aliphatic rings. The highest BCUT2D eigenvalue weighted by Gasteiger charge is 2.21. The number of benzene rings is 1. The standard InChI is InChI=1S/C23H29N5O2/c1-16(2)15-27-10-8-17(9-11-27)13-24-23(30)19-14-25-28-21(29)12-20(26-22(19)28)18-6-4-3-5-7-18/h3-7,12,14,16-17,25H,8-11,13,15H2,1-2H3,(H,24,30). The van der Waals surface area contributed by atoms with Gasteiger partial charge in [-0.2, -0.15) is 0 Å². The second-order valence-corrected chi connectivity index (χ2v) is 8.54. The monoisotopic (exact) mass is 407 g/mol. The summed E-state index contributed by atoms with van der Waals surface area (Å²) in [5.74, 6) is 0.966. The van der Waals surface area contributed by atoms with Crippen LogP contribution < -0.4 is 10.9 Å². The Morgan fingerprint density at radius 1 is 1.23 bits per heavy atom. The lowest BCUT2D eigenvalue weighted by atomic mass is 9.96. The van der Waals surface area contributed by atoms with Crippen LogP contribution in [0, 0.1) is 11.8 Å². The lowest BCUT2D eigenvalue weighted by Gasteiger charge is -2.33. The quantitative estimate of drug-likeness (QED) is 0.658. The third kappa shape index (κ3) is 4.46. The summed E-state index contributed by atoms with van der Waals surface area (Å²) in [6.45, 7) is 8.45. The van der Waals surface area contributed by atoms with E-state index in [-0.39, 0.29) is 11.5 Å². The first-order chi connectivity index (χ1) is 14.5. The van der Waals surface area contributed by atoms with Crippen LogP contribution in [-0.4, -0.2) is 51.6 Å². The van der Waals surface area contributed by atoms with Gasteiger partial charge in [-0.1, -0.05) is 44.2 Å². The third-order valence-corrected chi connectivity index (χ3v) is 5.69. The van der Waals surface area contributed by atoms with E-state index in [0.717, 1.165) is 38.0 Å². The minimum absolute atomic E-state index is 0.199. The van der Waals surface area contributed by atoms with E-state index in [1.165, 1.54) is 10.6 Å². The van der Waals surface area contributed by atoms with Crippen molar-refractivity contribution in [3.05, 3.63) is 58.5 Å². The molecule has 1 aliphatic heterocycles. The summed E-state index contributed by atoms with van der Waals surface area (Å²) in [7, 11) is 0. The second-order valence-electron chi connectivity index (χ2n) is 8.54. The minimum atomic E-state index is -0.240. The van der Waals surface area contributed by atoms with Gasteiger partial charge in [-0.25, -0.2) is 9.50 Å². The Bertz CT molecular complexity index is 1060. The number of hydrogen-bond acceptors (Lipinski definition) is 4. The first-order valence-corrected chi connectivity index (χ1v) is 10.7. The highest BCUT2D eigenvalue weighted by Crippen LogP contribution is 2.19. The number of piperidine rings is 1. The largest absolute Gasteiger partial charge is 0.352 e. The molecule has 4 rings (SSSR count). The molecule has 1 fully saturated rings. The molecule has 0 atom stereocenters. The van der Waals surface area contributed by atoms with Crippen LogP contribution in [0.4, 0.5) is 0 Å². The molecule has 0 unspecified atom stereocenters. The maximum Gasteiger partial charge on any atom is 0.273 e. The smallest absolute Gasteiger partial charge is 0.273 e. The molecule has 7 nitrogen and oxygen atoms in total. The summed E-state index contributed by atoms with van der Waals surface area (Å²) in [5.41, 5.74) is 1.91. The number of nitrogens with one attached hydrogen (secondary N) is 2. The number of carbonyl (C=O) groups is 1. The Morgan fingerprint density at radius 2 is 1.97 bits per heavy atom. The number of rotatable bonds is 6. The van der Waals surface area contributed by atoms with Gasteiger partial charge in [-0.15, -0.1) is 0 Å². The molecule has 0 bridgehead atoms. The van der Waals surface area contributed by atoms with Crippen LogP contribution >= 0.6 is 0 Å². The minimum Gasteiger partial charge on any atom is -0.352 e.